The van der Waals surface area contributed by atoms with E-state index in [9.17, 15) is 9.59 Å². The number of methoxy groups -OCH3 is 1. The van der Waals surface area contributed by atoms with Crippen molar-refractivity contribution in [1.82, 2.24) is 10.2 Å². The molecule has 1 N–H and O–H groups in total. The first-order valence-electron chi connectivity index (χ1n) is 4.16. The van der Waals surface area contributed by atoms with E-state index >= 15 is 0 Å². The Morgan fingerprint density at radius 1 is 1.46 bits per heavy atom. The summed E-state index contributed by atoms with van der Waals surface area (Å²) in [7, 11) is 3.12. The highest BCUT2D eigenvalue weighted by atomic mass is 16.5. The van der Waals surface area contributed by atoms with Crippen molar-refractivity contribution in [2.45, 2.75) is 6.92 Å². The molecule has 0 aromatic rings. The van der Waals surface area contributed by atoms with Gasteiger partial charge in [-0.2, -0.15) is 0 Å². The number of ether oxygens (including phenoxy) is 1. The average Bonchev–Trinajstić information content (AvgIpc) is 2.15. The molecule has 0 aromatic heterocycles. The molecule has 13 heavy (non-hydrogen) atoms. The van der Waals surface area contributed by atoms with Gasteiger partial charge >= 0.3 is 11.9 Å². The van der Waals surface area contributed by atoms with E-state index in [2.05, 4.69) is 10.1 Å². The SMILES string of the molecule is CCN(C)CCNC(=O)C(=O)OC. The van der Waals surface area contributed by atoms with Crippen LogP contribution in [0.5, 0.6) is 0 Å². The van der Waals surface area contributed by atoms with Gasteiger partial charge in [-0.25, -0.2) is 4.79 Å². The van der Waals surface area contributed by atoms with Gasteiger partial charge in [-0.05, 0) is 13.6 Å². The summed E-state index contributed by atoms with van der Waals surface area (Å²) in [6, 6.07) is 0. The molecule has 0 atom stereocenters. The van der Waals surface area contributed by atoms with Gasteiger partial charge in [0.15, 0.2) is 0 Å². The van der Waals surface area contributed by atoms with Crippen LogP contribution in [0.3, 0.4) is 0 Å². The summed E-state index contributed by atoms with van der Waals surface area (Å²) in [6.45, 7) is 4.10. The molecule has 1 amide bonds. The molecule has 0 rings (SSSR count). The molecular weight excluding hydrogens is 172 g/mol. The molecule has 0 aromatic carbocycles. The third-order valence-corrected chi connectivity index (χ3v) is 1.69. The largest absolute Gasteiger partial charge is 0.462 e. The standard InChI is InChI=1S/C8H16N2O3/c1-4-10(2)6-5-9-7(11)8(12)13-3/h4-6H2,1-3H3,(H,9,11). The molecule has 0 aliphatic carbocycles. The van der Waals surface area contributed by atoms with Crippen LogP contribution in [-0.2, 0) is 14.3 Å². The predicted octanol–water partition coefficient (Wildman–Crippen LogP) is -0.773. The Kier molecular flexibility index (Phi) is 5.88. The number of esters is 1. The summed E-state index contributed by atoms with van der Waals surface area (Å²) in [6.07, 6.45) is 0. The minimum atomic E-state index is -0.848. The van der Waals surface area contributed by atoms with Crippen LogP contribution in [0.2, 0.25) is 0 Å². The monoisotopic (exact) mass is 188 g/mol. The molecule has 5 heteroatoms. The zero-order valence-corrected chi connectivity index (χ0v) is 8.29. The maximum Gasteiger partial charge on any atom is 0.396 e. The normalized spacial score (nSPS) is 9.85. The van der Waals surface area contributed by atoms with E-state index in [0.717, 1.165) is 13.1 Å². The van der Waals surface area contributed by atoms with Gasteiger partial charge in [-0.15, -0.1) is 0 Å². The fraction of sp³-hybridized carbons (Fsp3) is 0.750. The smallest absolute Gasteiger partial charge is 0.396 e. The van der Waals surface area contributed by atoms with Crippen molar-refractivity contribution in [1.29, 1.82) is 0 Å². The minimum Gasteiger partial charge on any atom is -0.462 e. The third kappa shape index (κ3) is 5.19. The lowest BCUT2D eigenvalue weighted by Gasteiger charge is -2.13. The van der Waals surface area contributed by atoms with E-state index in [1.54, 1.807) is 0 Å². The van der Waals surface area contributed by atoms with E-state index < -0.39 is 11.9 Å². The van der Waals surface area contributed by atoms with Crippen molar-refractivity contribution in [2.24, 2.45) is 0 Å². The maximum atomic E-state index is 10.8. The van der Waals surface area contributed by atoms with Crippen LogP contribution >= 0.6 is 0 Å². The summed E-state index contributed by atoms with van der Waals surface area (Å²) >= 11 is 0. The number of amides is 1. The lowest BCUT2D eigenvalue weighted by Crippen LogP contribution is -2.37. The van der Waals surface area contributed by atoms with Gasteiger partial charge in [0.05, 0.1) is 7.11 Å². The molecule has 0 aliphatic heterocycles. The first kappa shape index (κ1) is 11.9. The maximum absolute atomic E-state index is 10.8. The summed E-state index contributed by atoms with van der Waals surface area (Å²) in [5, 5.41) is 2.44. The van der Waals surface area contributed by atoms with Gasteiger partial charge in [-0.3, -0.25) is 4.79 Å². The van der Waals surface area contributed by atoms with Gasteiger partial charge in [0.25, 0.3) is 0 Å². The molecule has 0 spiro atoms. The quantitative estimate of drug-likeness (QED) is 0.465. The minimum absolute atomic E-state index is 0.457. The fourth-order valence-corrected chi connectivity index (χ4v) is 0.683. The molecule has 0 saturated carbocycles. The van der Waals surface area contributed by atoms with Crippen molar-refractivity contribution in [3.63, 3.8) is 0 Å². The summed E-state index contributed by atoms with van der Waals surface area (Å²) in [5.41, 5.74) is 0. The number of likely N-dealkylation sites (N-methyl/N-ethyl adjacent to an activating group) is 1. The second kappa shape index (κ2) is 6.42. The number of nitrogens with zero attached hydrogens (tertiary/aromatic N) is 1. The predicted molar refractivity (Wildman–Crippen MR) is 48.2 cm³/mol. The van der Waals surface area contributed by atoms with Gasteiger partial charge in [0.1, 0.15) is 0 Å². The van der Waals surface area contributed by atoms with E-state index in [1.165, 1.54) is 7.11 Å². The van der Waals surface area contributed by atoms with Crippen molar-refractivity contribution in [2.75, 3.05) is 33.8 Å². The molecule has 0 aliphatic rings. The lowest BCUT2D eigenvalue weighted by atomic mass is 10.5. The van der Waals surface area contributed by atoms with Gasteiger partial charge in [0, 0.05) is 13.1 Å². The van der Waals surface area contributed by atoms with E-state index in [1.807, 2.05) is 18.9 Å². The first-order valence-corrected chi connectivity index (χ1v) is 4.16. The van der Waals surface area contributed by atoms with Crippen LogP contribution in [0.1, 0.15) is 6.92 Å². The van der Waals surface area contributed by atoms with Crippen molar-refractivity contribution < 1.29 is 14.3 Å². The highest BCUT2D eigenvalue weighted by molar-refractivity contribution is 6.32. The van der Waals surface area contributed by atoms with E-state index in [4.69, 9.17) is 0 Å². The van der Waals surface area contributed by atoms with Gasteiger partial charge < -0.3 is 15.0 Å². The Morgan fingerprint density at radius 3 is 2.54 bits per heavy atom. The molecular formula is C8H16N2O3. The van der Waals surface area contributed by atoms with E-state index in [-0.39, 0.29) is 0 Å². The topological polar surface area (TPSA) is 58.6 Å². The van der Waals surface area contributed by atoms with Crippen molar-refractivity contribution in [3.8, 4) is 0 Å². The number of hydrogen-bond acceptors (Lipinski definition) is 4. The van der Waals surface area contributed by atoms with Crippen LogP contribution in [0.15, 0.2) is 0 Å². The Balaban J connectivity index is 3.53. The van der Waals surface area contributed by atoms with Crippen LogP contribution in [-0.4, -0.2) is 50.6 Å². The van der Waals surface area contributed by atoms with Gasteiger partial charge in [-0.1, -0.05) is 6.92 Å². The number of nitrogens with one attached hydrogen (secondary N) is 1. The molecule has 0 saturated heterocycles. The van der Waals surface area contributed by atoms with Crippen LogP contribution in [0, 0.1) is 0 Å². The molecule has 0 bridgehead atoms. The summed E-state index contributed by atoms with van der Waals surface area (Å²) in [5.74, 6) is -1.54. The third-order valence-electron chi connectivity index (χ3n) is 1.69. The average molecular weight is 188 g/mol. The zero-order valence-electron chi connectivity index (χ0n) is 8.29. The van der Waals surface area contributed by atoms with Gasteiger partial charge in [0.2, 0.25) is 0 Å². The second-order valence-electron chi connectivity index (χ2n) is 2.64. The molecule has 0 radical (unpaired) electrons. The van der Waals surface area contributed by atoms with Crippen LogP contribution in [0.25, 0.3) is 0 Å². The number of hydrogen-bond donors (Lipinski definition) is 1. The highest BCUT2D eigenvalue weighted by Gasteiger charge is 2.11. The highest BCUT2D eigenvalue weighted by Crippen LogP contribution is 1.79. The van der Waals surface area contributed by atoms with Crippen molar-refractivity contribution in [3.05, 3.63) is 0 Å². The van der Waals surface area contributed by atoms with Crippen LogP contribution < -0.4 is 5.32 Å². The molecule has 5 nitrogen and oxygen atoms in total. The van der Waals surface area contributed by atoms with Crippen molar-refractivity contribution >= 4 is 11.9 Å². The zero-order chi connectivity index (χ0) is 10.3. The number of carbonyl (C=O) groups excluding carboxylic acids is 2. The second-order valence-corrected chi connectivity index (χ2v) is 2.64. The number of rotatable bonds is 4. The summed E-state index contributed by atoms with van der Waals surface area (Å²) in [4.78, 5) is 23.5. The molecule has 76 valence electrons. The van der Waals surface area contributed by atoms with E-state index in [0.29, 0.717) is 6.54 Å². The first-order chi connectivity index (χ1) is 6.11. The Hall–Kier alpha value is -1.10. The Morgan fingerprint density at radius 2 is 2.08 bits per heavy atom. The lowest BCUT2D eigenvalue weighted by molar-refractivity contribution is -0.152. The molecule has 0 unspecified atom stereocenters. The summed E-state index contributed by atoms with van der Waals surface area (Å²) < 4.78 is 4.23. The molecule has 0 fully saturated rings. The Bertz CT molecular complexity index is 182. The Labute approximate surface area is 78.0 Å². The van der Waals surface area contributed by atoms with Crippen LogP contribution in [0.4, 0.5) is 0 Å². The number of carbonyl (C=O) groups is 2. The fourth-order valence-electron chi connectivity index (χ4n) is 0.683. The molecule has 0 heterocycles.